The summed E-state index contributed by atoms with van der Waals surface area (Å²) in [5.41, 5.74) is 0.339. The minimum absolute atomic E-state index is 0.0548. The Bertz CT molecular complexity index is 879. The third-order valence-electron chi connectivity index (χ3n) is 8.51. The molecule has 0 radical (unpaired) electrons. The standard InChI is InChI=1S/C26H41NO10/c1-13-11-26(32-7,37-15(3)14(13)2)21(29)23(30)27-24-20-19(33-12-34-24)22(31-6)25(4,5)17(36-20)10-16-8-9-18(28)35-16/h14-17,19-22,24,29H,1,8-12H2,2-7H3,(H,27,30)/t14-,15-,16-,17-,19+,20-,21-,22-,24+,26-/m1/s1. The van der Waals surface area contributed by atoms with Gasteiger partial charge in [-0.15, -0.1) is 0 Å². The number of fused-ring (bicyclic) bond motifs is 1. The van der Waals surface area contributed by atoms with Crippen LogP contribution in [0.15, 0.2) is 12.2 Å². The lowest BCUT2D eigenvalue weighted by molar-refractivity contribution is -0.332. The Morgan fingerprint density at radius 3 is 2.57 bits per heavy atom. The predicted octanol–water partition coefficient (Wildman–Crippen LogP) is 1.41. The second-order valence-electron chi connectivity index (χ2n) is 11.2. The Labute approximate surface area is 218 Å². The zero-order chi connectivity index (χ0) is 27.1. The van der Waals surface area contributed by atoms with Crippen LogP contribution in [0, 0.1) is 11.3 Å². The van der Waals surface area contributed by atoms with Crippen molar-refractivity contribution in [1.82, 2.24) is 5.32 Å². The van der Waals surface area contributed by atoms with Gasteiger partial charge in [0, 0.05) is 44.8 Å². The van der Waals surface area contributed by atoms with E-state index < -0.39 is 41.6 Å². The third kappa shape index (κ3) is 5.32. The molecule has 0 spiro atoms. The average Bonchev–Trinajstić information content (AvgIpc) is 3.27. The Balaban J connectivity index is 1.51. The first-order chi connectivity index (χ1) is 17.4. The molecule has 0 aliphatic carbocycles. The van der Waals surface area contributed by atoms with Gasteiger partial charge in [-0.25, -0.2) is 0 Å². The molecule has 0 aromatic carbocycles. The molecule has 11 nitrogen and oxygen atoms in total. The summed E-state index contributed by atoms with van der Waals surface area (Å²) in [5.74, 6) is -2.46. The monoisotopic (exact) mass is 527 g/mol. The molecule has 4 rings (SSSR count). The van der Waals surface area contributed by atoms with Crippen molar-refractivity contribution in [3.63, 3.8) is 0 Å². The molecule has 4 heterocycles. The SMILES string of the molecule is C=C1C[C@](OC)([C@H](O)C(=O)N[C@H]2OCO[C@H]3[C@H]2O[C@H](C[C@H]2CCC(=O)O2)C(C)(C)[C@@H]3OC)O[C@H](C)[C@@H]1C. The quantitative estimate of drug-likeness (QED) is 0.370. The number of ether oxygens (including phenoxy) is 7. The van der Waals surface area contributed by atoms with Gasteiger partial charge >= 0.3 is 5.97 Å². The second kappa shape index (κ2) is 10.9. The van der Waals surface area contributed by atoms with E-state index >= 15 is 0 Å². The molecule has 4 saturated heterocycles. The summed E-state index contributed by atoms with van der Waals surface area (Å²) in [6.45, 7) is 11.9. The van der Waals surface area contributed by atoms with E-state index in [4.69, 9.17) is 33.2 Å². The van der Waals surface area contributed by atoms with E-state index in [2.05, 4.69) is 11.9 Å². The van der Waals surface area contributed by atoms with Crippen LogP contribution in [0.4, 0.5) is 0 Å². The maximum Gasteiger partial charge on any atom is 0.306 e. The number of aliphatic hydroxyl groups excluding tert-OH is 1. The molecule has 2 N–H and O–H groups in total. The number of nitrogens with one attached hydrogen (secondary N) is 1. The molecule has 1 amide bonds. The number of rotatable bonds is 7. The molecule has 0 aromatic rings. The van der Waals surface area contributed by atoms with Crippen molar-refractivity contribution in [1.29, 1.82) is 0 Å². The Morgan fingerprint density at radius 2 is 1.97 bits per heavy atom. The number of carbonyl (C=O) groups is 2. The molecule has 11 heteroatoms. The normalized spacial score (nSPS) is 42.6. The summed E-state index contributed by atoms with van der Waals surface area (Å²) in [4.78, 5) is 25.0. The molecule has 210 valence electrons. The highest BCUT2D eigenvalue weighted by Crippen LogP contribution is 2.44. The first-order valence-corrected chi connectivity index (χ1v) is 12.9. The van der Waals surface area contributed by atoms with Crippen LogP contribution in [-0.2, 0) is 42.7 Å². The molecule has 4 aliphatic rings. The van der Waals surface area contributed by atoms with Crippen LogP contribution in [0.2, 0.25) is 0 Å². The Morgan fingerprint density at radius 1 is 1.24 bits per heavy atom. The van der Waals surface area contributed by atoms with E-state index in [9.17, 15) is 14.7 Å². The molecule has 4 fully saturated rings. The highest BCUT2D eigenvalue weighted by Gasteiger charge is 2.57. The summed E-state index contributed by atoms with van der Waals surface area (Å²) in [6.07, 6.45) is -3.52. The Kier molecular flexibility index (Phi) is 8.35. The van der Waals surface area contributed by atoms with Crippen LogP contribution in [0.25, 0.3) is 0 Å². The van der Waals surface area contributed by atoms with Gasteiger partial charge in [-0.05, 0) is 13.3 Å². The van der Waals surface area contributed by atoms with Crippen LogP contribution in [0.3, 0.4) is 0 Å². The second-order valence-corrected chi connectivity index (χ2v) is 11.2. The number of aliphatic hydroxyl groups is 1. The van der Waals surface area contributed by atoms with Crippen LogP contribution in [0.5, 0.6) is 0 Å². The van der Waals surface area contributed by atoms with Crippen molar-refractivity contribution >= 4 is 11.9 Å². The average molecular weight is 528 g/mol. The Hall–Kier alpha value is -1.60. The summed E-state index contributed by atoms with van der Waals surface area (Å²) in [6, 6.07) is 0. The fraction of sp³-hybridized carbons (Fsp3) is 0.846. The fourth-order valence-corrected chi connectivity index (χ4v) is 5.92. The number of esters is 1. The lowest BCUT2D eigenvalue weighted by Crippen LogP contribution is -2.69. The van der Waals surface area contributed by atoms with Crippen molar-refractivity contribution in [2.75, 3.05) is 21.0 Å². The van der Waals surface area contributed by atoms with E-state index in [0.29, 0.717) is 19.3 Å². The largest absolute Gasteiger partial charge is 0.462 e. The number of hydrogen-bond donors (Lipinski definition) is 2. The van der Waals surface area contributed by atoms with E-state index in [1.807, 2.05) is 27.7 Å². The first-order valence-electron chi connectivity index (χ1n) is 12.9. The van der Waals surface area contributed by atoms with E-state index in [1.54, 1.807) is 7.11 Å². The van der Waals surface area contributed by atoms with Crippen molar-refractivity contribution in [2.24, 2.45) is 11.3 Å². The molecule has 4 aliphatic heterocycles. The minimum Gasteiger partial charge on any atom is -0.462 e. The van der Waals surface area contributed by atoms with Crippen molar-refractivity contribution in [3.05, 3.63) is 12.2 Å². The third-order valence-corrected chi connectivity index (χ3v) is 8.51. The zero-order valence-electron chi connectivity index (χ0n) is 22.6. The van der Waals surface area contributed by atoms with Gasteiger partial charge in [-0.3, -0.25) is 9.59 Å². The van der Waals surface area contributed by atoms with Crippen LogP contribution < -0.4 is 5.32 Å². The fourth-order valence-electron chi connectivity index (χ4n) is 5.92. The predicted molar refractivity (Wildman–Crippen MR) is 129 cm³/mol. The molecule has 0 aromatic heterocycles. The zero-order valence-corrected chi connectivity index (χ0v) is 22.6. The van der Waals surface area contributed by atoms with Crippen LogP contribution in [0.1, 0.15) is 53.4 Å². The minimum atomic E-state index is -1.65. The number of amides is 1. The van der Waals surface area contributed by atoms with E-state index in [1.165, 1.54) is 7.11 Å². The van der Waals surface area contributed by atoms with Gasteiger partial charge in [0.25, 0.3) is 5.91 Å². The number of methoxy groups -OCH3 is 2. The summed E-state index contributed by atoms with van der Waals surface area (Å²) < 4.78 is 41.0. The molecule has 0 bridgehead atoms. The molecular formula is C26H41NO10. The lowest BCUT2D eigenvalue weighted by Gasteiger charge is -2.54. The van der Waals surface area contributed by atoms with Gasteiger partial charge in [-0.2, -0.15) is 0 Å². The van der Waals surface area contributed by atoms with Gasteiger partial charge < -0.3 is 43.6 Å². The van der Waals surface area contributed by atoms with Gasteiger partial charge in [-0.1, -0.05) is 32.9 Å². The van der Waals surface area contributed by atoms with Crippen LogP contribution >= 0.6 is 0 Å². The van der Waals surface area contributed by atoms with Gasteiger partial charge in [0.15, 0.2) is 12.3 Å². The highest BCUT2D eigenvalue weighted by molar-refractivity contribution is 5.82. The molecule has 0 saturated carbocycles. The van der Waals surface area contributed by atoms with Gasteiger partial charge in [0.1, 0.15) is 25.1 Å². The summed E-state index contributed by atoms with van der Waals surface area (Å²) >= 11 is 0. The molecule has 37 heavy (non-hydrogen) atoms. The van der Waals surface area contributed by atoms with E-state index in [-0.39, 0.29) is 49.5 Å². The van der Waals surface area contributed by atoms with Crippen molar-refractivity contribution in [3.8, 4) is 0 Å². The van der Waals surface area contributed by atoms with Gasteiger partial charge in [0.05, 0.1) is 18.3 Å². The van der Waals surface area contributed by atoms with Crippen LogP contribution in [-0.4, -0.2) is 92.7 Å². The smallest absolute Gasteiger partial charge is 0.306 e. The number of cyclic esters (lactones) is 1. The van der Waals surface area contributed by atoms with E-state index in [0.717, 1.165) is 5.57 Å². The lowest BCUT2D eigenvalue weighted by atomic mass is 9.72. The topological polar surface area (TPSA) is 131 Å². The maximum atomic E-state index is 13.3. The molecule has 0 unspecified atom stereocenters. The number of carbonyl (C=O) groups excluding carboxylic acids is 2. The van der Waals surface area contributed by atoms with Crippen molar-refractivity contribution < 1.29 is 47.9 Å². The summed E-state index contributed by atoms with van der Waals surface area (Å²) in [7, 11) is 3.00. The highest BCUT2D eigenvalue weighted by atomic mass is 16.7. The number of hydrogen-bond acceptors (Lipinski definition) is 10. The maximum absolute atomic E-state index is 13.3. The summed E-state index contributed by atoms with van der Waals surface area (Å²) in [5, 5.41) is 13.8. The van der Waals surface area contributed by atoms with Gasteiger partial charge in [0.2, 0.25) is 5.79 Å². The van der Waals surface area contributed by atoms with Crippen molar-refractivity contribution in [2.45, 2.75) is 108 Å². The first kappa shape index (κ1) is 28.4. The molecule has 10 atom stereocenters. The molecular weight excluding hydrogens is 486 g/mol.